The molecule has 0 aliphatic carbocycles. The Hall–Kier alpha value is -1.41. The van der Waals surface area contributed by atoms with Crippen molar-refractivity contribution < 1.29 is 9.09 Å². The van der Waals surface area contributed by atoms with Crippen molar-refractivity contribution >= 4 is 7.37 Å². The van der Waals surface area contributed by atoms with Gasteiger partial charge in [0.1, 0.15) is 5.78 Å². The highest BCUT2D eigenvalue weighted by molar-refractivity contribution is 7.59. The van der Waals surface area contributed by atoms with Crippen LogP contribution in [0, 0.1) is 0 Å². The third-order valence-corrected chi connectivity index (χ3v) is 6.92. The van der Waals surface area contributed by atoms with Crippen LogP contribution in [0.2, 0.25) is 0 Å². The highest BCUT2D eigenvalue weighted by Crippen LogP contribution is 2.59. The van der Waals surface area contributed by atoms with Crippen molar-refractivity contribution in [1.82, 2.24) is 5.32 Å². The van der Waals surface area contributed by atoms with E-state index in [1.165, 1.54) is 5.56 Å². The van der Waals surface area contributed by atoms with Gasteiger partial charge >= 0.3 is 0 Å². The third kappa shape index (κ3) is 5.31. The Morgan fingerprint density at radius 1 is 1.00 bits per heavy atom. The van der Waals surface area contributed by atoms with Gasteiger partial charge in [0.15, 0.2) is 0 Å². The molecule has 0 fully saturated rings. The molecule has 0 saturated carbocycles. The highest BCUT2D eigenvalue weighted by Gasteiger charge is 2.34. The van der Waals surface area contributed by atoms with Crippen molar-refractivity contribution in [3.63, 3.8) is 0 Å². The summed E-state index contributed by atoms with van der Waals surface area (Å²) < 4.78 is 19.4. The minimum atomic E-state index is -2.82. The monoisotopic (exact) mass is 345 g/mol. The van der Waals surface area contributed by atoms with Gasteiger partial charge in [-0.2, -0.15) is 0 Å². The van der Waals surface area contributed by atoms with Gasteiger partial charge < -0.3 is 4.52 Å². The molecule has 2 unspecified atom stereocenters. The number of unbranched alkanes of at least 4 members (excludes halogenated alkanes) is 1. The summed E-state index contributed by atoms with van der Waals surface area (Å²) in [5.74, 6) is -0.273. The molecule has 0 aromatic heterocycles. The number of nitrogens with one attached hydrogen (secondary N) is 1. The first-order chi connectivity index (χ1) is 11.7. The normalized spacial score (nSPS) is 14.9. The van der Waals surface area contributed by atoms with Crippen molar-refractivity contribution in [1.29, 1.82) is 0 Å². The largest absolute Gasteiger partial charge is 0.327 e. The lowest BCUT2D eigenvalue weighted by Gasteiger charge is -2.29. The van der Waals surface area contributed by atoms with E-state index in [0.717, 1.165) is 18.4 Å². The number of rotatable bonds is 10. The second-order valence-electron chi connectivity index (χ2n) is 5.90. The van der Waals surface area contributed by atoms with E-state index in [-0.39, 0.29) is 5.78 Å². The van der Waals surface area contributed by atoms with Crippen molar-refractivity contribution in [3.05, 3.63) is 71.8 Å². The molecule has 0 bridgehead atoms. The Kier molecular flexibility index (Phi) is 7.71. The molecule has 0 radical (unpaired) electrons. The second-order valence-corrected chi connectivity index (χ2v) is 8.57. The zero-order valence-electron chi connectivity index (χ0n) is 14.7. The van der Waals surface area contributed by atoms with Crippen molar-refractivity contribution in [3.8, 4) is 0 Å². The predicted molar refractivity (Wildman–Crippen MR) is 101 cm³/mol. The standard InChI is InChI=1S/C20H28NO2P/c1-3-5-16-24(22,23-4-2)20(19-14-10-7-11-15-19)21-17-18-12-8-6-9-13-18/h6-15,20-21H,3-5,16-17H2,1-2H3. The fourth-order valence-corrected chi connectivity index (χ4v) is 5.52. The minimum absolute atomic E-state index is 0.273. The van der Waals surface area contributed by atoms with Crippen LogP contribution in [-0.4, -0.2) is 12.8 Å². The molecule has 0 saturated heterocycles. The lowest BCUT2D eigenvalue weighted by molar-refractivity contribution is 0.318. The molecule has 0 heterocycles. The van der Waals surface area contributed by atoms with Gasteiger partial charge in [-0.25, -0.2) is 0 Å². The fraction of sp³-hybridized carbons (Fsp3) is 0.400. The first-order valence-corrected chi connectivity index (χ1v) is 10.6. The first-order valence-electron chi connectivity index (χ1n) is 8.75. The van der Waals surface area contributed by atoms with E-state index >= 15 is 0 Å². The van der Waals surface area contributed by atoms with Gasteiger partial charge in [0.05, 0.1) is 6.61 Å². The quantitative estimate of drug-likeness (QED) is 0.570. The lowest BCUT2D eigenvalue weighted by atomic mass is 10.2. The number of hydrogen-bond acceptors (Lipinski definition) is 3. The Morgan fingerprint density at radius 2 is 1.62 bits per heavy atom. The fourth-order valence-electron chi connectivity index (χ4n) is 2.79. The molecular weight excluding hydrogens is 317 g/mol. The molecule has 1 N–H and O–H groups in total. The van der Waals surface area contributed by atoms with E-state index in [1.807, 2.05) is 55.5 Å². The van der Waals surface area contributed by atoms with Gasteiger partial charge in [0.25, 0.3) is 0 Å². The Morgan fingerprint density at radius 3 is 2.21 bits per heavy atom. The van der Waals surface area contributed by atoms with Crippen LogP contribution < -0.4 is 5.32 Å². The Balaban J connectivity index is 2.25. The first kappa shape index (κ1) is 18.9. The maximum Gasteiger partial charge on any atom is 0.223 e. The second kappa shape index (κ2) is 9.78. The summed E-state index contributed by atoms with van der Waals surface area (Å²) in [6.07, 6.45) is 2.53. The SMILES string of the molecule is CCCCP(=O)(OCC)C(NCc1ccccc1)c1ccccc1. The smallest absolute Gasteiger partial charge is 0.223 e. The molecule has 24 heavy (non-hydrogen) atoms. The topological polar surface area (TPSA) is 38.3 Å². The van der Waals surface area contributed by atoms with E-state index < -0.39 is 7.37 Å². The molecule has 0 amide bonds. The van der Waals surface area contributed by atoms with Crippen LogP contribution in [0.5, 0.6) is 0 Å². The number of benzene rings is 2. The summed E-state index contributed by atoms with van der Waals surface area (Å²) in [4.78, 5) is 0. The van der Waals surface area contributed by atoms with Gasteiger partial charge in [-0.15, -0.1) is 0 Å². The van der Waals surface area contributed by atoms with E-state index in [1.54, 1.807) is 0 Å². The van der Waals surface area contributed by atoms with Gasteiger partial charge in [0, 0.05) is 12.7 Å². The molecule has 3 nitrogen and oxygen atoms in total. The lowest BCUT2D eigenvalue weighted by Crippen LogP contribution is -2.23. The van der Waals surface area contributed by atoms with E-state index in [2.05, 4.69) is 24.4 Å². The molecule has 2 aromatic rings. The summed E-state index contributed by atoms with van der Waals surface area (Å²) in [6, 6.07) is 20.2. The molecule has 0 aliphatic heterocycles. The zero-order chi connectivity index (χ0) is 17.3. The van der Waals surface area contributed by atoms with Crippen LogP contribution >= 0.6 is 7.37 Å². The van der Waals surface area contributed by atoms with Crippen LogP contribution in [0.3, 0.4) is 0 Å². The number of hydrogen-bond donors (Lipinski definition) is 1. The molecule has 0 aliphatic rings. The molecule has 2 rings (SSSR count). The Bertz CT molecular complexity index is 631. The summed E-state index contributed by atoms with van der Waals surface area (Å²) in [7, 11) is -2.82. The molecule has 0 spiro atoms. The summed E-state index contributed by atoms with van der Waals surface area (Å²) >= 11 is 0. The van der Waals surface area contributed by atoms with E-state index in [4.69, 9.17) is 4.52 Å². The van der Waals surface area contributed by atoms with Gasteiger partial charge in [0.2, 0.25) is 7.37 Å². The van der Waals surface area contributed by atoms with Crippen LogP contribution in [0.1, 0.15) is 43.6 Å². The molecular formula is C20H28NO2P. The van der Waals surface area contributed by atoms with E-state index in [9.17, 15) is 4.57 Å². The van der Waals surface area contributed by atoms with E-state index in [0.29, 0.717) is 19.3 Å². The maximum atomic E-state index is 13.6. The Labute approximate surface area is 145 Å². The van der Waals surface area contributed by atoms with Crippen molar-refractivity contribution in [2.75, 3.05) is 12.8 Å². The van der Waals surface area contributed by atoms with Crippen LogP contribution in [-0.2, 0) is 15.6 Å². The molecule has 2 aromatic carbocycles. The summed E-state index contributed by atoms with van der Waals surface area (Å²) in [6.45, 7) is 5.17. The van der Waals surface area contributed by atoms with Crippen LogP contribution in [0.15, 0.2) is 60.7 Å². The summed E-state index contributed by atoms with van der Waals surface area (Å²) in [5.41, 5.74) is 2.21. The maximum absolute atomic E-state index is 13.6. The van der Waals surface area contributed by atoms with Crippen LogP contribution in [0.25, 0.3) is 0 Å². The summed E-state index contributed by atoms with van der Waals surface area (Å²) in [5, 5.41) is 3.50. The minimum Gasteiger partial charge on any atom is -0.327 e. The average Bonchev–Trinajstić information content (AvgIpc) is 2.62. The van der Waals surface area contributed by atoms with Gasteiger partial charge in [-0.05, 0) is 24.5 Å². The van der Waals surface area contributed by atoms with Gasteiger partial charge in [-0.3, -0.25) is 9.88 Å². The molecule has 4 heteroatoms. The average molecular weight is 345 g/mol. The highest BCUT2D eigenvalue weighted by atomic mass is 31.2. The molecule has 2 atom stereocenters. The molecule has 130 valence electrons. The van der Waals surface area contributed by atoms with Crippen molar-refractivity contribution in [2.24, 2.45) is 0 Å². The third-order valence-electron chi connectivity index (χ3n) is 4.02. The van der Waals surface area contributed by atoms with Crippen molar-refractivity contribution in [2.45, 2.75) is 39.0 Å². The predicted octanol–water partition coefficient (Wildman–Crippen LogP) is 5.59. The van der Waals surface area contributed by atoms with Crippen LogP contribution in [0.4, 0.5) is 0 Å². The van der Waals surface area contributed by atoms with Gasteiger partial charge in [-0.1, -0.05) is 74.0 Å². The zero-order valence-corrected chi connectivity index (χ0v) is 15.5.